The summed E-state index contributed by atoms with van der Waals surface area (Å²) in [5.74, 6) is 2.97. The fraction of sp³-hybridized carbons (Fsp3) is 0.250. The van der Waals surface area contributed by atoms with Crippen LogP contribution in [0.3, 0.4) is 0 Å². The number of fused-ring (bicyclic) bond motifs is 2. The van der Waals surface area contributed by atoms with Gasteiger partial charge in [-0.1, -0.05) is 30.3 Å². The number of rotatable bonds is 8. The summed E-state index contributed by atoms with van der Waals surface area (Å²) in [5.41, 5.74) is 1.83. The van der Waals surface area contributed by atoms with Crippen LogP contribution in [0.25, 0.3) is 0 Å². The van der Waals surface area contributed by atoms with Crippen LogP contribution in [0, 0.1) is 0 Å². The molecule has 3 aromatic rings. The number of hydrogen-bond acceptors (Lipinski definition) is 7. The summed E-state index contributed by atoms with van der Waals surface area (Å²) >= 11 is 0. The second kappa shape index (κ2) is 9.20. The van der Waals surface area contributed by atoms with Crippen molar-refractivity contribution in [3.05, 3.63) is 77.9 Å². The topological polar surface area (TPSA) is 77.5 Å². The fourth-order valence-electron chi connectivity index (χ4n) is 3.78. The van der Waals surface area contributed by atoms with Crippen molar-refractivity contribution in [1.82, 2.24) is 5.06 Å². The summed E-state index contributed by atoms with van der Waals surface area (Å²) in [6, 6.07) is 20.1. The summed E-state index contributed by atoms with van der Waals surface area (Å²) < 4.78 is 34.8. The highest BCUT2D eigenvalue weighted by Crippen LogP contribution is 2.36. The molecule has 0 spiro atoms. The predicted molar refractivity (Wildman–Crippen MR) is 118 cm³/mol. The molecule has 5 rings (SSSR count). The molecular weight excluding hydrogens is 430 g/mol. The van der Waals surface area contributed by atoms with E-state index in [1.54, 1.807) is 0 Å². The second-order valence-corrected chi connectivity index (χ2v) is 9.05. The number of hydrogen-bond donors (Lipinski definition) is 1. The standard InChI is InChI=1S/C24H23NO6S/c26-25(11-10-17-6-8-21-23(12-17)30-15-28-21)20(14-32(27)19-4-2-1-3-5-19)18-7-9-22-24(13-18)31-16-29-22/h1-9,12-13,20,26H,10-11,14-16H2/t20-,32+/m0/s1. The molecule has 2 heterocycles. The van der Waals surface area contributed by atoms with Crippen molar-refractivity contribution in [2.75, 3.05) is 25.9 Å². The van der Waals surface area contributed by atoms with Gasteiger partial charge in [0.25, 0.3) is 0 Å². The Labute approximate surface area is 188 Å². The van der Waals surface area contributed by atoms with E-state index in [2.05, 4.69) is 0 Å². The first-order chi connectivity index (χ1) is 15.7. The SMILES string of the molecule is O=[S@](C[C@@H](c1ccc2c(c1)OCO2)N(O)CCc1ccc2c(c1)OCO2)c1ccccc1. The molecule has 2 atom stereocenters. The van der Waals surface area contributed by atoms with E-state index in [0.29, 0.717) is 30.2 Å². The van der Waals surface area contributed by atoms with Crippen molar-refractivity contribution in [3.8, 4) is 23.0 Å². The van der Waals surface area contributed by atoms with Crippen LogP contribution in [0.15, 0.2) is 71.6 Å². The number of ether oxygens (including phenoxy) is 4. The van der Waals surface area contributed by atoms with Gasteiger partial charge in [0.1, 0.15) is 0 Å². The van der Waals surface area contributed by atoms with Crippen molar-refractivity contribution in [2.24, 2.45) is 0 Å². The normalized spacial score (nSPS) is 15.7. The zero-order chi connectivity index (χ0) is 21.9. The van der Waals surface area contributed by atoms with Gasteiger partial charge >= 0.3 is 0 Å². The van der Waals surface area contributed by atoms with Gasteiger partial charge in [0, 0.05) is 11.4 Å². The summed E-state index contributed by atoms with van der Waals surface area (Å²) in [6.45, 7) is 0.749. The lowest BCUT2D eigenvalue weighted by Crippen LogP contribution is -2.31. The Balaban J connectivity index is 1.35. The lowest BCUT2D eigenvalue weighted by Gasteiger charge is -2.26. The van der Waals surface area contributed by atoms with Crippen molar-refractivity contribution in [3.63, 3.8) is 0 Å². The maximum Gasteiger partial charge on any atom is 0.231 e. The molecule has 2 aliphatic heterocycles. The Morgan fingerprint density at radius 3 is 2.25 bits per heavy atom. The maximum absolute atomic E-state index is 13.1. The summed E-state index contributed by atoms with van der Waals surface area (Å²) in [7, 11) is -1.29. The molecule has 32 heavy (non-hydrogen) atoms. The monoisotopic (exact) mass is 453 g/mol. The first kappa shape index (κ1) is 20.8. The van der Waals surface area contributed by atoms with Crippen LogP contribution in [0.4, 0.5) is 0 Å². The van der Waals surface area contributed by atoms with Crippen LogP contribution < -0.4 is 18.9 Å². The molecule has 0 saturated heterocycles. The smallest absolute Gasteiger partial charge is 0.231 e. The Kier molecular flexibility index (Phi) is 5.98. The third-order valence-corrected chi connectivity index (χ3v) is 6.94. The van der Waals surface area contributed by atoms with Gasteiger partial charge in [-0.25, -0.2) is 0 Å². The van der Waals surface area contributed by atoms with Crippen molar-refractivity contribution >= 4 is 10.8 Å². The van der Waals surface area contributed by atoms with E-state index >= 15 is 0 Å². The van der Waals surface area contributed by atoms with Crippen LogP contribution in [0.2, 0.25) is 0 Å². The van der Waals surface area contributed by atoms with Gasteiger partial charge in [0.05, 0.1) is 22.6 Å². The molecule has 0 bridgehead atoms. The largest absolute Gasteiger partial charge is 0.454 e. The first-order valence-corrected chi connectivity index (χ1v) is 11.7. The molecule has 0 aromatic heterocycles. The van der Waals surface area contributed by atoms with Crippen LogP contribution in [-0.4, -0.2) is 40.4 Å². The molecular formula is C24H23NO6S. The van der Waals surface area contributed by atoms with Gasteiger partial charge in [0.15, 0.2) is 23.0 Å². The third kappa shape index (κ3) is 4.43. The Morgan fingerprint density at radius 1 is 0.844 bits per heavy atom. The van der Waals surface area contributed by atoms with Gasteiger partial charge in [-0.15, -0.1) is 0 Å². The average Bonchev–Trinajstić information content (AvgIpc) is 3.49. The van der Waals surface area contributed by atoms with E-state index in [1.165, 1.54) is 5.06 Å². The highest BCUT2D eigenvalue weighted by molar-refractivity contribution is 7.85. The Bertz CT molecular complexity index is 1120. The van der Waals surface area contributed by atoms with E-state index in [-0.39, 0.29) is 19.3 Å². The van der Waals surface area contributed by atoms with Gasteiger partial charge in [-0.3, -0.25) is 4.21 Å². The zero-order valence-electron chi connectivity index (χ0n) is 17.3. The second-order valence-electron chi connectivity index (χ2n) is 7.55. The Morgan fingerprint density at radius 2 is 1.50 bits per heavy atom. The summed E-state index contributed by atoms with van der Waals surface area (Å²) in [6.07, 6.45) is 0.589. The molecule has 7 nitrogen and oxygen atoms in total. The minimum Gasteiger partial charge on any atom is -0.454 e. The lowest BCUT2D eigenvalue weighted by molar-refractivity contribution is -0.121. The predicted octanol–water partition coefficient (Wildman–Crippen LogP) is 3.93. The lowest BCUT2D eigenvalue weighted by atomic mass is 10.1. The number of nitrogens with zero attached hydrogens (tertiary/aromatic N) is 1. The molecule has 1 N–H and O–H groups in total. The number of benzene rings is 3. The van der Waals surface area contributed by atoms with E-state index < -0.39 is 16.8 Å². The molecule has 0 saturated carbocycles. The molecule has 8 heteroatoms. The van der Waals surface area contributed by atoms with Crippen molar-refractivity contribution in [2.45, 2.75) is 17.4 Å². The van der Waals surface area contributed by atoms with E-state index in [0.717, 1.165) is 21.8 Å². The first-order valence-electron chi connectivity index (χ1n) is 10.3. The Hall–Kier alpha value is -3.07. The van der Waals surface area contributed by atoms with E-state index in [1.807, 2.05) is 66.7 Å². The molecule has 2 aliphatic rings. The fourth-order valence-corrected chi connectivity index (χ4v) is 5.09. The number of hydroxylamine groups is 2. The maximum atomic E-state index is 13.1. The van der Waals surface area contributed by atoms with Crippen LogP contribution in [0.1, 0.15) is 17.2 Å². The van der Waals surface area contributed by atoms with Crippen molar-refractivity contribution in [1.29, 1.82) is 0 Å². The van der Waals surface area contributed by atoms with Gasteiger partial charge in [0.2, 0.25) is 13.6 Å². The van der Waals surface area contributed by atoms with Gasteiger partial charge in [-0.05, 0) is 53.9 Å². The molecule has 0 fully saturated rings. The van der Waals surface area contributed by atoms with Crippen LogP contribution >= 0.6 is 0 Å². The van der Waals surface area contributed by atoms with E-state index in [9.17, 15) is 9.42 Å². The van der Waals surface area contributed by atoms with Crippen molar-refractivity contribution < 1.29 is 28.4 Å². The minimum atomic E-state index is -1.29. The minimum absolute atomic E-state index is 0.173. The van der Waals surface area contributed by atoms with Gasteiger partial charge in [-0.2, -0.15) is 5.06 Å². The van der Waals surface area contributed by atoms with E-state index in [4.69, 9.17) is 18.9 Å². The molecule has 0 aliphatic carbocycles. The quantitative estimate of drug-likeness (QED) is 0.518. The zero-order valence-corrected chi connectivity index (χ0v) is 18.1. The molecule has 166 valence electrons. The summed E-state index contributed by atoms with van der Waals surface area (Å²) in [5, 5.41) is 12.3. The van der Waals surface area contributed by atoms with Gasteiger partial charge < -0.3 is 24.2 Å². The van der Waals surface area contributed by atoms with Crippen LogP contribution in [0.5, 0.6) is 23.0 Å². The summed E-state index contributed by atoms with van der Waals surface area (Å²) in [4.78, 5) is 0.724. The highest BCUT2D eigenvalue weighted by atomic mass is 32.2. The molecule has 3 aromatic carbocycles. The van der Waals surface area contributed by atoms with Crippen LogP contribution in [-0.2, 0) is 17.2 Å². The third-order valence-electron chi connectivity index (χ3n) is 5.52. The highest BCUT2D eigenvalue weighted by Gasteiger charge is 2.25. The molecule has 0 radical (unpaired) electrons. The molecule has 0 unspecified atom stereocenters. The average molecular weight is 454 g/mol. The molecule has 0 amide bonds.